The fraction of sp³-hybridized carbons (Fsp3) is 0.429. The number of rotatable bonds is 5. The predicted molar refractivity (Wildman–Crippen MR) is 80.7 cm³/mol. The average molecular weight is 309 g/mol. The van der Waals surface area contributed by atoms with E-state index < -0.39 is 13.7 Å². The van der Waals surface area contributed by atoms with Gasteiger partial charge in [0.1, 0.15) is 11.8 Å². The Hall–Kier alpha value is -1.49. The van der Waals surface area contributed by atoms with Gasteiger partial charge in [-0.25, -0.2) is 4.68 Å². The van der Waals surface area contributed by atoms with Crippen molar-refractivity contribution in [2.45, 2.75) is 32.8 Å². The number of hydrogen-bond acceptors (Lipinski definition) is 4. The molecule has 0 radical (unpaired) electrons. The molecule has 1 aromatic carbocycles. The topological polar surface area (TPSA) is 77.2 Å². The van der Waals surface area contributed by atoms with Gasteiger partial charge in [0.15, 0.2) is 0 Å². The molecule has 0 fully saturated rings. The van der Waals surface area contributed by atoms with Crippen LogP contribution < -0.4 is 0 Å². The molecular weight excluding hydrogens is 289 g/mol. The molecule has 2 rings (SSSR count). The first kappa shape index (κ1) is 15.9. The summed E-state index contributed by atoms with van der Waals surface area (Å²) in [4.78, 5) is 9.23. The van der Waals surface area contributed by atoms with Crippen molar-refractivity contribution < 1.29 is 14.0 Å². The Kier molecular flexibility index (Phi) is 4.61. The van der Waals surface area contributed by atoms with E-state index in [0.29, 0.717) is 11.6 Å². The fourth-order valence-electron chi connectivity index (χ4n) is 1.95. The summed E-state index contributed by atoms with van der Waals surface area (Å²) in [6, 6.07) is 8.04. The van der Waals surface area contributed by atoms with Crippen LogP contribution in [0.1, 0.15) is 44.1 Å². The molecule has 0 saturated carbocycles. The second-order valence-electron chi connectivity index (χ2n) is 5.38. The summed E-state index contributed by atoms with van der Waals surface area (Å²) >= 11 is 0. The van der Waals surface area contributed by atoms with Gasteiger partial charge in [-0.05, 0) is 30.5 Å². The first-order chi connectivity index (χ1) is 9.76. The zero-order valence-corrected chi connectivity index (χ0v) is 13.5. The third-order valence-electron chi connectivity index (χ3n) is 3.11. The molecular formula is C14H20N3O3P. The lowest BCUT2D eigenvalue weighted by Gasteiger charge is -2.11. The van der Waals surface area contributed by atoms with Gasteiger partial charge in [0, 0.05) is 6.66 Å². The molecule has 0 saturated heterocycles. The third kappa shape index (κ3) is 4.24. The molecule has 0 aliphatic rings. The van der Waals surface area contributed by atoms with Crippen molar-refractivity contribution in [3.05, 3.63) is 41.7 Å². The van der Waals surface area contributed by atoms with Crippen molar-refractivity contribution in [3.63, 3.8) is 0 Å². The van der Waals surface area contributed by atoms with Crippen LogP contribution in [-0.2, 0) is 9.09 Å². The highest BCUT2D eigenvalue weighted by Gasteiger charge is 2.19. The quantitative estimate of drug-likeness (QED) is 0.858. The second kappa shape index (κ2) is 6.10. The molecule has 2 atom stereocenters. The third-order valence-corrected chi connectivity index (χ3v) is 3.81. The number of nitrogens with zero attached hydrogens (tertiary/aromatic N) is 3. The first-order valence-corrected chi connectivity index (χ1v) is 8.80. The monoisotopic (exact) mass is 309 g/mol. The zero-order valence-electron chi connectivity index (χ0n) is 12.6. The van der Waals surface area contributed by atoms with E-state index in [2.05, 4.69) is 36.3 Å². The molecule has 1 heterocycles. The maximum atomic E-state index is 11.3. The van der Waals surface area contributed by atoms with Crippen LogP contribution >= 0.6 is 7.60 Å². The lowest BCUT2D eigenvalue weighted by atomic mass is 10.0. The van der Waals surface area contributed by atoms with E-state index in [0.717, 1.165) is 12.4 Å². The van der Waals surface area contributed by atoms with E-state index in [9.17, 15) is 9.46 Å². The van der Waals surface area contributed by atoms with E-state index in [1.54, 1.807) is 17.8 Å². The summed E-state index contributed by atoms with van der Waals surface area (Å²) in [6.45, 7) is 7.10. The van der Waals surface area contributed by atoms with Gasteiger partial charge < -0.3 is 4.89 Å². The maximum absolute atomic E-state index is 11.3. The number of benzene rings is 1. The van der Waals surface area contributed by atoms with Crippen LogP contribution in [0.2, 0.25) is 0 Å². The number of aromatic nitrogens is 3. The highest BCUT2D eigenvalue weighted by molar-refractivity contribution is 7.51. The Morgan fingerprint density at radius 2 is 1.86 bits per heavy atom. The van der Waals surface area contributed by atoms with Crippen LogP contribution in [0.5, 0.6) is 0 Å². The molecule has 2 aromatic rings. The summed E-state index contributed by atoms with van der Waals surface area (Å²) in [5, 5.41) is 8.02. The molecule has 0 spiro atoms. The highest BCUT2D eigenvalue weighted by Crippen LogP contribution is 2.42. The molecule has 0 amide bonds. The minimum absolute atomic E-state index is 0.474. The molecule has 114 valence electrons. The van der Waals surface area contributed by atoms with Crippen molar-refractivity contribution in [2.24, 2.45) is 0 Å². The van der Waals surface area contributed by atoms with E-state index in [4.69, 9.17) is 4.52 Å². The van der Waals surface area contributed by atoms with E-state index >= 15 is 0 Å². The lowest BCUT2D eigenvalue weighted by molar-refractivity contribution is 0.192. The van der Waals surface area contributed by atoms with E-state index in [1.807, 2.05) is 12.1 Å². The van der Waals surface area contributed by atoms with Crippen molar-refractivity contribution in [1.29, 1.82) is 0 Å². The van der Waals surface area contributed by atoms with Crippen molar-refractivity contribution in [1.82, 2.24) is 15.0 Å². The lowest BCUT2D eigenvalue weighted by Crippen LogP contribution is -1.98. The zero-order chi connectivity index (χ0) is 15.6. The van der Waals surface area contributed by atoms with Crippen LogP contribution in [0.25, 0.3) is 5.69 Å². The molecule has 2 unspecified atom stereocenters. The largest absolute Gasteiger partial charge is 0.325 e. The molecule has 7 heteroatoms. The summed E-state index contributed by atoms with van der Waals surface area (Å²) in [6.07, 6.45) is 1.11. The molecule has 0 aliphatic heterocycles. The first-order valence-electron chi connectivity index (χ1n) is 6.77. The Balaban J connectivity index is 2.17. The standard InChI is InChI=1S/C14H20N3O3P/c1-10(2)12-5-7-13(8-6-12)17-9-14(15-16-17)11(3)20-21(4,18)19/h5-11H,1-4H3,(H,18,19). The van der Waals surface area contributed by atoms with Crippen molar-refractivity contribution in [3.8, 4) is 5.69 Å². The summed E-state index contributed by atoms with van der Waals surface area (Å²) in [5.41, 5.74) is 2.65. The van der Waals surface area contributed by atoms with Gasteiger partial charge in [-0.3, -0.25) is 9.09 Å². The van der Waals surface area contributed by atoms with E-state index in [1.165, 1.54) is 5.56 Å². The van der Waals surface area contributed by atoms with Gasteiger partial charge in [-0.2, -0.15) is 0 Å². The van der Waals surface area contributed by atoms with Gasteiger partial charge in [0.05, 0.1) is 11.9 Å². The van der Waals surface area contributed by atoms with Crippen LogP contribution in [0.15, 0.2) is 30.5 Å². The van der Waals surface area contributed by atoms with Crippen LogP contribution in [0.4, 0.5) is 0 Å². The molecule has 0 bridgehead atoms. The normalized spacial score (nSPS) is 15.9. The molecule has 1 aromatic heterocycles. The SMILES string of the molecule is CC(C)c1ccc(-n2cc(C(C)OP(C)(=O)O)nn2)cc1. The van der Waals surface area contributed by atoms with Crippen LogP contribution in [-0.4, -0.2) is 26.6 Å². The van der Waals surface area contributed by atoms with Gasteiger partial charge in [0.25, 0.3) is 0 Å². The van der Waals surface area contributed by atoms with Crippen LogP contribution in [0, 0.1) is 0 Å². The van der Waals surface area contributed by atoms with Crippen molar-refractivity contribution in [2.75, 3.05) is 6.66 Å². The molecule has 21 heavy (non-hydrogen) atoms. The minimum Gasteiger partial charge on any atom is -0.324 e. The number of hydrogen-bond donors (Lipinski definition) is 1. The van der Waals surface area contributed by atoms with Crippen molar-refractivity contribution >= 4 is 7.60 Å². The molecule has 1 N–H and O–H groups in total. The van der Waals surface area contributed by atoms with Gasteiger partial charge in [-0.15, -0.1) is 5.10 Å². The smallest absolute Gasteiger partial charge is 0.324 e. The predicted octanol–water partition coefficient (Wildman–Crippen LogP) is 3.28. The highest BCUT2D eigenvalue weighted by atomic mass is 31.2. The van der Waals surface area contributed by atoms with Gasteiger partial charge in [-0.1, -0.05) is 31.2 Å². The molecule has 0 aliphatic carbocycles. The van der Waals surface area contributed by atoms with Crippen LogP contribution in [0.3, 0.4) is 0 Å². The second-order valence-corrected chi connectivity index (χ2v) is 7.20. The Morgan fingerprint density at radius 1 is 1.24 bits per heavy atom. The summed E-state index contributed by atoms with van der Waals surface area (Å²) in [5.74, 6) is 0.474. The Morgan fingerprint density at radius 3 is 2.38 bits per heavy atom. The van der Waals surface area contributed by atoms with Gasteiger partial charge >= 0.3 is 7.60 Å². The van der Waals surface area contributed by atoms with Gasteiger partial charge in [0.2, 0.25) is 0 Å². The summed E-state index contributed by atoms with van der Waals surface area (Å²) < 4.78 is 17.9. The fourth-order valence-corrected chi connectivity index (χ4v) is 2.64. The minimum atomic E-state index is -3.54. The average Bonchev–Trinajstić information content (AvgIpc) is 2.86. The maximum Gasteiger partial charge on any atom is 0.325 e. The Labute approximate surface area is 124 Å². The summed E-state index contributed by atoms with van der Waals surface area (Å²) in [7, 11) is -3.54. The Bertz CT molecular complexity index is 646. The molecule has 6 nitrogen and oxygen atoms in total. The van der Waals surface area contributed by atoms with E-state index in [-0.39, 0.29) is 0 Å².